The molecule has 0 aliphatic carbocycles. The van der Waals surface area contributed by atoms with E-state index in [9.17, 15) is 18.6 Å². The van der Waals surface area contributed by atoms with Crippen molar-refractivity contribution in [3.05, 3.63) is 71.0 Å². The topological polar surface area (TPSA) is 187 Å². The van der Waals surface area contributed by atoms with Crippen molar-refractivity contribution in [2.24, 2.45) is 0 Å². The molecule has 1 unspecified atom stereocenters. The molecule has 46 heavy (non-hydrogen) atoms. The molecule has 14 nitrogen and oxygen atoms in total. The molecule has 2 aromatic heterocycles. The van der Waals surface area contributed by atoms with Gasteiger partial charge in [-0.15, -0.1) is 0 Å². The lowest BCUT2D eigenvalue weighted by Gasteiger charge is -2.20. The van der Waals surface area contributed by atoms with Crippen LogP contribution < -0.4 is 29.0 Å². The molecule has 4 rings (SSSR count). The highest BCUT2D eigenvalue weighted by atomic mass is 79.9. The van der Waals surface area contributed by atoms with Crippen LogP contribution >= 0.6 is 15.9 Å². The lowest BCUT2D eigenvalue weighted by molar-refractivity contribution is 0.105. The van der Waals surface area contributed by atoms with Gasteiger partial charge in [0.25, 0.3) is 15.9 Å². The normalized spacial score (nSPS) is 12.2. The molecule has 1 atom stereocenters. The Morgan fingerprint density at radius 3 is 2.24 bits per heavy atom. The first-order chi connectivity index (χ1) is 21.9. The summed E-state index contributed by atoms with van der Waals surface area (Å²) in [6.45, 7) is 5.32. The number of nitrogens with zero attached hydrogens (tertiary/aromatic N) is 4. The molecule has 246 valence electrons. The van der Waals surface area contributed by atoms with Gasteiger partial charge in [0.05, 0.1) is 29.2 Å². The van der Waals surface area contributed by atoms with E-state index in [0.29, 0.717) is 10.2 Å². The number of halogens is 1. The molecular formula is C30H35BrN6O8S. The van der Waals surface area contributed by atoms with E-state index >= 15 is 0 Å². The Morgan fingerprint density at radius 1 is 0.957 bits per heavy atom. The average Bonchev–Trinajstić information content (AvgIpc) is 3.03. The summed E-state index contributed by atoms with van der Waals surface area (Å²) in [7, 11) is -2.75. The number of benzene rings is 2. The van der Waals surface area contributed by atoms with Crippen LogP contribution in [-0.2, 0) is 15.4 Å². The molecule has 0 amide bonds. The maximum Gasteiger partial charge on any atom is 0.316 e. The van der Waals surface area contributed by atoms with Crippen LogP contribution in [0.3, 0.4) is 0 Å². The monoisotopic (exact) mass is 718 g/mol. The fourth-order valence-corrected chi connectivity index (χ4v) is 5.03. The van der Waals surface area contributed by atoms with Crippen LogP contribution in [0.25, 0.3) is 0 Å². The van der Waals surface area contributed by atoms with Crippen molar-refractivity contribution in [2.45, 2.75) is 37.2 Å². The first kappa shape index (κ1) is 34.6. The highest BCUT2D eigenvalue weighted by Crippen LogP contribution is 2.41. The molecule has 16 heteroatoms. The predicted octanol–water partition coefficient (Wildman–Crippen LogP) is 4.15. The molecule has 0 aliphatic rings. The van der Waals surface area contributed by atoms with E-state index in [1.165, 1.54) is 31.6 Å². The molecule has 0 fully saturated rings. The summed E-state index contributed by atoms with van der Waals surface area (Å²) in [6.07, 6.45) is 1.92. The molecule has 0 bridgehead atoms. The zero-order valence-corrected chi connectivity index (χ0v) is 28.0. The minimum atomic E-state index is -4.21. The number of hydrogen-bond acceptors (Lipinski definition) is 13. The number of rotatable bonds is 15. The van der Waals surface area contributed by atoms with Gasteiger partial charge >= 0.3 is 6.01 Å². The molecule has 4 aromatic rings. The number of aliphatic hydroxyl groups excluding tert-OH is 2. The number of methoxy groups -OCH3 is 1. The summed E-state index contributed by atoms with van der Waals surface area (Å²) in [5, 5.41) is 22.0. The third-order valence-electron chi connectivity index (χ3n) is 6.23. The summed E-state index contributed by atoms with van der Waals surface area (Å²) in [5.41, 5.74) is 0.770. The lowest BCUT2D eigenvalue weighted by Crippen LogP contribution is -2.24. The quantitative estimate of drug-likeness (QED) is 0.129. The van der Waals surface area contributed by atoms with Gasteiger partial charge in [0, 0.05) is 18.9 Å². The fraction of sp³-hybridized carbons (Fsp3) is 0.333. The molecule has 2 aromatic carbocycles. The zero-order chi connectivity index (χ0) is 33.3. The molecular weight excluding hydrogens is 684 g/mol. The second-order valence-corrected chi connectivity index (χ2v) is 13.4. The van der Waals surface area contributed by atoms with Crippen LogP contribution in [-0.4, -0.2) is 78.1 Å². The van der Waals surface area contributed by atoms with Crippen molar-refractivity contribution in [1.29, 1.82) is 0 Å². The Kier molecular flexibility index (Phi) is 11.6. The number of nitrogens with one attached hydrogen (secondary N) is 2. The number of aromatic nitrogens is 4. The highest BCUT2D eigenvalue weighted by Gasteiger charge is 2.26. The van der Waals surface area contributed by atoms with Crippen LogP contribution in [0.2, 0.25) is 0 Å². The van der Waals surface area contributed by atoms with Crippen molar-refractivity contribution in [3.8, 4) is 29.1 Å². The largest absolute Gasteiger partial charge is 0.493 e. The third kappa shape index (κ3) is 9.38. The maximum absolute atomic E-state index is 13.6. The van der Waals surface area contributed by atoms with Crippen molar-refractivity contribution in [3.63, 3.8) is 0 Å². The maximum atomic E-state index is 13.6. The number of aliphatic hydroxyl groups is 2. The van der Waals surface area contributed by atoms with Crippen LogP contribution in [0, 0.1) is 0 Å². The minimum Gasteiger partial charge on any atom is -0.493 e. The van der Waals surface area contributed by atoms with E-state index in [1.807, 2.05) is 20.8 Å². The second kappa shape index (κ2) is 15.4. The summed E-state index contributed by atoms with van der Waals surface area (Å²) >= 11 is 3.26. The lowest BCUT2D eigenvalue weighted by atomic mass is 9.87. The predicted molar refractivity (Wildman–Crippen MR) is 173 cm³/mol. The van der Waals surface area contributed by atoms with Gasteiger partial charge in [0.1, 0.15) is 13.2 Å². The molecule has 0 spiro atoms. The standard InChI is InChI=1S/C30H35BrN6O8S/c1-30(2,3)19-9-11-22(12-10-19)46(40,41)37-26-25(45-24-8-6-5-7-23(24)42-4)27(36-28(35-26)32-17-21(39)18-38)43-13-14-44-29-33-15-20(31)16-34-29/h5-12,15-16,21,38-39H,13-14,17-18H2,1-4H3,(H2,32,35,36,37). The minimum absolute atomic E-state index is 0.00704. The molecule has 0 saturated carbocycles. The average molecular weight is 720 g/mol. The molecule has 2 heterocycles. The zero-order valence-electron chi connectivity index (χ0n) is 25.6. The van der Waals surface area contributed by atoms with E-state index in [2.05, 4.69) is 45.9 Å². The SMILES string of the molecule is COc1ccccc1Oc1c(NS(=O)(=O)c2ccc(C(C)(C)C)cc2)nc(NCC(O)CO)nc1OCCOc1ncc(Br)cn1. The smallest absolute Gasteiger partial charge is 0.316 e. The summed E-state index contributed by atoms with van der Waals surface area (Å²) < 4.78 is 53.5. The Hall–Kier alpha value is -4.25. The van der Waals surface area contributed by atoms with Crippen LogP contribution in [0.5, 0.6) is 29.1 Å². The fourth-order valence-electron chi connectivity index (χ4n) is 3.82. The van der Waals surface area contributed by atoms with Crippen molar-refractivity contribution >= 4 is 37.7 Å². The third-order valence-corrected chi connectivity index (χ3v) is 8.00. The second-order valence-electron chi connectivity index (χ2n) is 10.8. The van der Waals surface area contributed by atoms with Crippen LogP contribution in [0.4, 0.5) is 11.8 Å². The molecule has 0 radical (unpaired) electrons. The van der Waals surface area contributed by atoms with E-state index in [-0.39, 0.29) is 65.2 Å². The van der Waals surface area contributed by atoms with Gasteiger partial charge in [-0.1, -0.05) is 45.0 Å². The van der Waals surface area contributed by atoms with Gasteiger partial charge in [0.2, 0.25) is 11.7 Å². The van der Waals surface area contributed by atoms with Gasteiger partial charge in [0.15, 0.2) is 17.3 Å². The van der Waals surface area contributed by atoms with Crippen LogP contribution in [0.1, 0.15) is 26.3 Å². The van der Waals surface area contributed by atoms with Gasteiger partial charge in [-0.3, -0.25) is 4.72 Å². The summed E-state index contributed by atoms with van der Waals surface area (Å²) in [5.74, 6) is -0.148. The Bertz CT molecular complexity index is 1700. The first-order valence-electron chi connectivity index (χ1n) is 14.0. The Morgan fingerprint density at radius 2 is 1.61 bits per heavy atom. The molecule has 0 saturated heterocycles. The van der Waals surface area contributed by atoms with Gasteiger partial charge in [-0.05, 0) is 51.2 Å². The molecule has 4 N–H and O–H groups in total. The first-order valence-corrected chi connectivity index (χ1v) is 16.3. The van der Waals surface area contributed by atoms with Gasteiger partial charge in [-0.2, -0.15) is 9.97 Å². The number of hydrogen-bond donors (Lipinski definition) is 4. The van der Waals surface area contributed by atoms with E-state index in [0.717, 1.165) is 5.56 Å². The number of para-hydroxylation sites is 2. The summed E-state index contributed by atoms with van der Waals surface area (Å²) in [6, 6.07) is 13.3. The van der Waals surface area contributed by atoms with Gasteiger partial charge < -0.3 is 34.5 Å². The number of sulfonamides is 1. The molecule has 0 aliphatic heterocycles. The number of ether oxygens (including phenoxy) is 4. The van der Waals surface area contributed by atoms with Crippen molar-refractivity contribution < 1.29 is 37.6 Å². The summed E-state index contributed by atoms with van der Waals surface area (Å²) in [4.78, 5) is 16.8. The van der Waals surface area contributed by atoms with E-state index < -0.39 is 22.7 Å². The van der Waals surface area contributed by atoms with Crippen molar-refractivity contribution in [1.82, 2.24) is 19.9 Å². The Balaban J connectivity index is 1.73. The van der Waals surface area contributed by atoms with Crippen LogP contribution in [0.15, 0.2) is 70.3 Å². The van der Waals surface area contributed by atoms with Crippen molar-refractivity contribution in [2.75, 3.05) is 43.5 Å². The van der Waals surface area contributed by atoms with E-state index in [4.69, 9.17) is 18.9 Å². The highest BCUT2D eigenvalue weighted by molar-refractivity contribution is 9.10. The van der Waals surface area contributed by atoms with Gasteiger partial charge in [-0.25, -0.2) is 18.4 Å². The Labute approximate surface area is 275 Å². The van der Waals surface area contributed by atoms with E-state index in [1.54, 1.807) is 36.4 Å². The number of anilines is 2.